The Bertz CT molecular complexity index is 442. The highest BCUT2D eigenvalue weighted by atomic mass is 35.5. The smallest absolute Gasteiger partial charge is 0.154 e. The van der Waals surface area contributed by atoms with Crippen LogP contribution in [0.15, 0.2) is 30.6 Å². The van der Waals surface area contributed by atoms with Gasteiger partial charge in [-0.05, 0) is 30.7 Å². The number of aromatic nitrogens is 3. The lowest BCUT2D eigenvalue weighted by Gasteiger charge is -2.00. The van der Waals surface area contributed by atoms with Crippen LogP contribution in [0.25, 0.3) is 11.3 Å². The highest BCUT2D eigenvalue weighted by Gasteiger charge is 2.02. The Morgan fingerprint density at radius 1 is 1.29 bits per heavy atom. The Balaban J connectivity index is 2.48. The molecule has 2 rings (SSSR count). The Hall–Kier alpha value is -1.48. The van der Waals surface area contributed by atoms with Crippen LogP contribution < -0.4 is 0 Å². The molecule has 0 unspecified atom stereocenters. The molecular weight excluding hydrogens is 198 g/mol. The van der Waals surface area contributed by atoms with Crippen LogP contribution in [-0.2, 0) is 0 Å². The quantitative estimate of drug-likeness (QED) is 0.718. The highest BCUT2D eigenvalue weighted by Crippen LogP contribution is 2.18. The van der Waals surface area contributed by atoms with Crippen molar-refractivity contribution in [3.05, 3.63) is 41.3 Å². The van der Waals surface area contributed by atoms with Crippen molar-refractivity contribution in [3.63, 3.8) is 0 Å². The fraction of sp³-hybridized carbons (Fsp3) is 0.100. The second-order valence-electron chi connectivity index (χ2n) is 2.95. The van der Waals surface area contributed by atoms with Gasteiger partial charge >= 0.3 is 0 Å². The molecule has 4 heteroatoms. The Kier molecular flexibility index (Phi) is 2.41. The number of rotatable bonds is 1. The van der Waals surface area contributed by atoms with E-state index in [9.17, 15) is 0 Å². The lowest BCUT2D eigenvalue weighted by molar-refractivity contribution is 1.02. The maximum Gasteiger partial charge on any atom is 0.154 e. The van der Waals surface area contributed by atoms with Gasteiger partial charge in [0.15, 0.2) is 5.15 Å². The lowest BCUT2D eigenvalue weighted by atomic mass is 10.2. The zero-order valence-electron chi connectivity index (χ0n) is 7.61. The summed E-state index contributed by atoms with van der Waals surface area (Å²) in [4.78, 5) is 4.01. The summed E-state index contributed by atoms with van der Waals surface area (Å²) in [5.74, 6) is 0. The largest absolute Gasteiger partial charge is 0.264 e. The van der Waals surface area contributed by atoms with Crippen LogP contribution in [0.2, 0.25) is 5.15 Å². The van der Waals surface area contributed by atoms with E-state index >= 15 is 0 Å². The van der Waals surface area contributed by atoms with E-state index in [0.29, 0.717) is 5.15 Å². The minimum atomic E-state index is 0.442. The van der Waals surface area contributed by atoms with E-state index in [1.807, 2.05) is 25.1 Å². The van der Waals surface area contributed by atoms with Crippen LogP contribution in [0.5, 0.6) is 0 Å². The van der Waals surface area contributed by atoms with E-state index < -0.39 is 0 Å². The topological polar surface area (TPSA) is 38.7 Å². The van der Waals surface area contributed by atoms with Gasteiger partial charge in [-0.3, -0.25) is 4.98 Å². The molecule has 2 aromatic heterocycles. The van der Waals surface area contributed by atoms with Crippen LogP contribution in [0.1, 0.15) is 5.56 Å². The van der Waals surface area contributed by atoms with Crippen molar-refractivity contribution >= 4 is 11.6 Å². The van der Waals surface area contributed by atoms with Gasteiger partial charge in [-0.15, -0.1) is 10.2 Å². The molecule has 0 saturated heterocycles. The van der Waals surface area contributed by atoms with Crippen molar-refractivity contribution in [1.29, 1.82) is 0 Å². The monoisotopic (exact) mass is 205 g/mol. The lowest BCUT2D eigenvalue weighted by Crippen LogP contribution is -1.90. The molecule has 14 heavy (non-hydrogen) atoms. The second-order valence-corrected chi connectivity index (χ2v) is 3.30. The van der Waals surface area contributed by atoms with Gasteiger partial charge in [-0.2, -0.15) is 0 Å². The summed E-state index contributed by atoms with van der Waals surface area (Å²) in [5.41, 5.74) is 2.65. The standard InChI is InChI=1S/C10H8ClN3/c1-7-5-9(13-14-10(7)11)8-3-2-4-12-6-8/h2-6H,1H3. The predicted octanol–water partition coefficient (Wildman–Crippen LogP) is 2.50. The first-order valence-electron chi connectivity index (χ1n) is 4.17. The summed E-state index contributed by atoms with van der Waals surface area (Å²) in [7, 11) is 0. The third kappa shape index (κ3) is 1.72. The predicted molar refractivity (Wildman–Crippen MR) is 55.0 cm³/mol. The van der Waals surface area contributed by atoms with Crippen molar-refractivity contribution in [3.8, 4) is 11.3 Å². The fourth-order valence-corrected chi connectivity index (χ4v) is 1.22. The molecule has 0 aliphatic rings. The molecule has 0 spiro atoms. The van der Waals surface area contributed by atoms with Crippen LogP contribution in [0, 0.1) is 6.92 Å². The van der Waals surface area contributed by atoms with Crippen molar-refractivity contribution in [2.45, 2.75) is 6.92 Å². The van der Waals surface area contributed by atoms with Gasteiger partial charge in [-0.1, -0.05) is 11.6 Å². The van der Waals surface area contributed by atoms with Gasteiger partial charge < -0.3 is 0 Å². The first-order valence-corrected chi connectivity index (χ1v) is 4.55. The maximum atomic E-state index is 5.78. The average molecular weight is 206 g/mol. The number of hydrogen-bond acceptors (Lipinski definition) is 3. The molecule has 0 bridgehead atoms. The van der Waals surface area contributed by atoms with E-state index in [-0.39, 0.29) is 0 Å². The van der Waals surface area contributed by atoms with E-state index in [1.54, 1.807) is 12.4 Å². The number of aryl methyl sites for hydroxylation is 1. The van der Waals surface area contributed by atoms with Crippen LogP contribution in [-0.4, -0.2) is 15.2 Å². The van der Waals surface area contributed by atoms with E-state index in [4.69, 9.17) is 11.6 Å². The third-order valence-corrected chi connectivity index (χ3v) is 2.26. The van der Waals surface area contributed by atoms with E-state index in [0.717, 1.165) is 16.8 Å². The van der Waals surface area contributed by atoms with Crippen LogP contribution in [0.3, 0.4) is 0 Å². The van der Waals surface area contributed by atoms with E-state index in [2.05, 4.69) is 15.2 Å². The Morgan fingerprint density at radius 3 is 2.79 bits per heavy atom. The van der Waals surface area contributed by atoms with Crippen molar-refractivity contribution in [2.24, 2.45) is 0 Å². The molecule has 0 N–H and O–H groups in total. The minimum Gasteiger partial charge on any atom is -0.264 e. The van der Waals surface area contributed by atoms with Crippen molar-refractivity contribution < 1.29 is 0 Å². The molecule has 2 heterocycles. The fourth-order valence-electron chi connectivity index (χ4n) is 1.13. The molecule has 0 radical (unpaired) electrons. The summed E-state index contributed by atoms with van der Waals surface area (Å²) in [6, 6.07) is 5.69. The van der Waals surface area contributed by atoms with Gasteiger partial charge in [0, 0.05) is 18.0 Å². The summed E-state index contributed by atoms with van der Waals surface area (Å²) >= 11 is 5.78. The highest BCUT2D eigenvalue weighted by molar-refractivity contribution is 6.30. The van der Waals surface area contributed by atoms with Crippen molar-refractivity contribution in [2.75, 3.05) is 0 Å². The maximum absolute atomic E-state index is 5.78. The average Bonchev–Trinajstić information content (AvgIpc) is 2.23. The SMILES string of the molecule is Cc1cc(-c2cccnc2)nnc1Cl. The van der Waals surface area contributed by atoms with Crippen LogP contribution in [0.4, 0.5) is 0 Å². The molecule has 0 aliphatic heterocycles. The summed E-state index contributed by atoms with van der Waals surface area (Å²) in [5, 5.41) is 8.27. The molecule has 0 atom stereocenters. The minimum absolute atomic E-state index is 0.442. The second kappa shape index (κ2) is 3.72. The normalized spacial score (nSPS) is 10.1. The number of nitrogens with zero attached hydrogens (tertiary/aromatic N) is 3. The molecule has 0 amide bonds. The van der Waals surface area contributed by atoms with E-state index in [1.165, 1.54) is 0 Å². The van der Waals surface area contributed by atoms with Gasteiger partial charge in [0.05, 0.1) is 5.69 Å². The molecule has 0 saturated carbocycles. The molecule has 0 aromatic carbocycles. The number of pyridine rings is 1. The Morgan fingerprint density at radius 2 is 2.14 bits per heavy atom. The molecular formula is C10H8ClN3. The molecule has 2 aromatic rings. The number of halogens is 1. The molecule has 3 nitrogen and oxygen atoms in total. The van der Waals surface area contributed by atoms with Gasteiger partial charge in [-0.25, -0.2) is 0 Å². The van der Waals surface area contributed by atoms with Gasteiger partial charge in [0.1, 0.15) is 0 Å². The van der Waals surface area contributed by atoms with Crippen LogP contribution >= 0.6 is 11.6 Å². The number of hydrogen-bond donors (Lipinski definition) is 0. The zero-order valence-corrected chi connectivity index (χ0v) is 8.36. The summed E-state index contributed by atoms with van der Waals surface area (Å²) < 4.78 is 0. The van der Waals surface area contributed by atoms with Gasteiger partial charge in [0.2, 0.25) is 0 Å². The molecule has 0 fully saturated rings. The first-order chi connectivity index (χ1) is 6.77. The molecule has 70 valence electrons. The summed E-state index contributed by atoms with van der Waals surface area (Å²) in [6.07, 6.45) is 3.47. The Labute approximate surface area is 86.8 Å². The van der Waals surface area contributed by atoms with Gasteiger partial charge in [0.25, 0.3) is 0 Å². The summed E-state index contributed by atoms with van der Waals surface area (Å²) in [6.45, 7) is 1.90. The van der Waals surface area contributed by atoms with Crippen molar-refractivity contribution in [1.82, 2.24) is 15.2 Å². The third-order valence-electron chi connectivity index (χ3n) is 1.88. The zero-order chi connectivity index (χ0) is 9.97. The molecule has 0 aliphatic carbocycles. The first kappa shape index (κ1) is 9.09.